The van der Waals surface area contributed by atoms with Crippen LogP contribution in [0.2, 0.25) is 0 Å². The Hall–Kier alpha value is -2.01. The molecule has 0 bridgehead atoms. The van der Waals surface area contributed by atoms with E-state index < -0.39 is 22.5 Å². The molecule has 0 aliphatic rings. The molecule has 2 rings (SSSR count). The van der Waals surface area contributed by atoms with E-state index in [0.29, 0.717) is 0 Å². The second-order valence-corrected chi connectivity index (χ2v) is 5.63. The van der Waals surface area contributed by atoms with Crippen LogP contribution in [0.1, 0.15) is 0 Å². The molecular formula is C7H7N5O4S2. The topological polar surface area (TPSA) is 127 Å². The lowest BCUT2D eigenvalue weighted by Crippen LogP contribution is -2.12. The van der Waals surface area contributed by atoms with Crippen LogP contribution in [0.25, 0.3) is 0 Å². The molecule has 0 aliphatic heterocycles. The first kappa shape index (κ1) is 12.4. The molecule has 0 unspecified atom stereocenters. The number of carboxylic acid groups (broad SMARTS) is 1. The average molecular weight is 289 g/mol. The Morgan fingerprint density at radius 2 is 2.33 bits per heavy atom. The highest BCUT2D eigenvalue weighted by Gasteiger charge is 2.18. The summed E-state index contributed by atoms with van der Waals surface area (Å²) in [6.07, 6.45) is 2.18. The van der Waals surface area contributed by atoms with Crippen molar-refractivity contribution in [2.45, 2.75) is 11.4 Å². The van der Waals surface area contributed by atoms with Crippen molar-refractivity contribution in [3.63, 3.8) is 0 Å². The summed E-state index contributed by atoms with van der Waals surface area (Å²) in [6.45, 7) is -0.408. The third kappa shape index (κ3) is 2.81. The lowest BCUT2D eigenvalue weighted by Gasteiger charge is -2.00. The fourth-order valence-corrected chi connectivity index (χ4v) is 2.74. The van der Waals surface area contributed by atoms with E-state index in [-0.39, 0.29) is 10.0 Å². The number of hydrogen-bond acceptors (Lipinski definition) is 7. The summed E-state index contributed by atoms with van der Waals surface area (Å²) in [6, 6.07) is 0. The molecule has 96 valence electrons. The van der Waals surface area contributed by atoms with Gasteiger partial charge in [0.1, 0.15) is 17.0 Å². The van der Waals surface area contributed by atoms with Crippen LogP contribution in [0.5, 0.6) is 0 Å². The van der Waals surface area contributed by atoms with Crippen LogP contribution in [-0.4, -0.2) is 39.5 Å². The van der Waals surface area contributed by atoms with Gasteiger partial charge in [-0.3, -0.25) is 14.2 Å². The maximum absolute atomic E-state index is 11.8. The van der Waals surface area contributed by atoms with Gasteiger partial charge in [-0.25, -0.2) is 8.42 Å². The fraction of sp³-hybridized carbons (Fsp3) is 0.143. The van der Waals surface area contributed by atoms with Crippen molar-refractivity contribution < 1.29 is 18.3 Å². The standard InChI is InChI=1S/C7H7N5O4S2/c13-6(14)3-12-2-5(1-9-12)18(15,16)11-7-10-8-4-17-7/h1-2,4H,3H2,(H,10,11)(H,13,14). The zero-order valence-corrected chi connectivity index (χ0v) is 10.3. The molecule has 0 aliphatic carbocycles. The third-order valence-corrected chi connectivity index (χ3v) is 3.83. The van der Waals surface area contributed by atoms with E-state index in [9.17, 15) is 13.2 Å². The van der Waals surface area contributed by atoms with Crippen LogP contribution in [0.15, 0.2) is 22.8 Å². The van der Waals surface area contributed by atoms with Crippen LogP contribution in [0.3, 0.4) is 0 Å². The molecule has 0 saturated heterocycles. The average Bonchev–Trinajstić information content (AvgIpc) is 2.87. The van der Waals surface area contributed by atoms with E-state index in [1.807, 2.05) is 0 Å². The first-order valence-corrected chi connectivity index (χ1v) is 6.87. The second-order valence-electron chi connectivity index (χ2n) is 3.12. The van der Waals surface area contributed by atoms with Gasteiger partial charge in [-0.1, -0.05) is 11.3 Å². The normalized spacial score (nSPS) is 11.3. The lowest BCUT2D eigenvalue weighted by atomic mass is 10.6. The minimum Gasteiger partial charge on any atom is -0.480 e. The van der Waals surface area contributed by atoms with E-state index in [0.717, 1.165) is 28.4 Å². The Labute approximate surface area is 105 Å². The molecule has 0 spiro atoms. The molecule has 0 fully saturated rings. The number of sulfonamides is 1. The van der Waals surface area contributed by atoms with Crippen molar-refractivity contribution >= 4 is 32.5 Å². The van der Waals surface area contributed by atoms with Crippen LogP contribution < -0.4 is 4.72 Å². The van der Waals surface area contributed by atoms with Crippen LogP contribution in [-0.2, 0) is 21.4 Å². The number of aromatic nitrogens is 4. The summed E-state index contributed by atoms with van der Waals surface area (Å²) in [5, 5.41) is 19.3. The molecule has 2 heterocycles. The van der Waals surface area contributed by atoms with Gasteiger partial charge in [0.15, 0.2) is 0 Å². The van der Waals surface area contributed by atoms with Crippen molar-refractivity contribution in [3.8, 4) is 0 Å². The van der Waals surface area contributed by atoms with Crippen molar-refractivity contribution in [1.29, 1.82) is 0 Å². The zero-order valence-electron chi connectivity index (χ0n) is 8.72. The number of nitrogens with one attached hydrogen (secondary N) is 1. The van der Waals surface area contributed by atoms with E-state index in [2.05, 4.69) is 20.0 Å². The van der Waals surface area contributed by atoms with E-state index >= 15 is 0 Å². The SMILES string of the molecule is O=C(O)Cn1cc(S(=O)(=O)Nc2nncs2)cn1. The molecule has 2 aromatic heterocycles. The van der Waals surface area contributed by atoms with Gasteiger partial charge in [0.05, 0.1) is 6.20 Å². The van der Waals surface area contributed by atoms with E-state index in [1.165, 1.54) is 5.51 Å². The van der Waals surface area contributed by atoms with Crippen LogP contribution >= 0.6 is 11.3 Å². The fourth-order valence-electron chi connectivity index (χ4n) is 1.10. The van der Waals surface area contributed by atoms with Gasteiger partial charge in [-0.2, -0.15) is 5.10 Å². The number of anilines is 1. The van der Waals surface area contributed by atoms with Gasteiger partial charge in [0, 0.05) is 6.20 Å². The number of hydrogen-bond donors (Lipinski definition) is 2. The Balaban J connectivity index is 2.19. The predicted molar refractivity (Wildman–Crippen MR) is 60.6 cm³/mol. The first-order chi connectivity index (χ1) is 8.47. The van der Waals surface area contributed by atoms with Gasteiger partial charge >= 0.3 is 5.97 Å². The van der Waals surface area contributed by atoms with Crippen molar-refractivity contribution in [1.82, 2.24) is 20.0 Å². The largest absolute Gasteiger partial charge is 0.480 e. The molecule has 0 atom stereocenters. The molecule has 18 heavy (non-hydrogen) atoms. The number of nitrogens with zero attached hydrogens (tertiary/aromatic N) is 4. The van der Waals surface area contributed by atoms with E-state index in [1.54, 1.807) is 0 Å². The van der Waals surface area contributed by atoms with Crippen LogP contribution in [0.4, 0.5) is 5.13 Å². The highest BCUT2D eigenvalue weighted by Crippen LogP contribution is 2.15. The Kier molecular flexibility index (Phi) is 3.25. The summed E-state index contributed by atoms with van der Waals surface area (Å²) < 4.78 is 26.9. The van der Waals surface area contributed by atoms with Crippen molar-refractivity contribution in [2.75, 3.05) is 4.72 Å². The molecule has 0 amide bonds. The Morgan fingerprint density at radius 1 is 1.56 bits per heavy atom. The third-order valence-electron chi connectivity index (χ3n) is 1.80. The van der Waals surface area contributed by atoms with Crippen LogP contribution in [0, 0.1) is 0 Å². The smallest absolute Gasteiger partial charge is 0.325 e. The van der Waals surface area contributed by atoms with E-state index in [4.69, 9.17) is 5.11 Å². The maximum atomic E-state index is 11.8. The van der Waals surface area contributed by atoms with Crippen molar-refractivity contribution in [3.05, 3.63) is 17.9 Å². The lowest BCUT2D eigenvalue weighted by molar-refractivity contribution is -0.137. The first-order valence-electron chi connectivity index (χ1n) is 4.50. The Morgan fingerprint density at radius 3 is 2.94 bits per heavy atom. The predicted octanol–water partition coefficient (Wildman–Crippen LogP) is -0.380. The maximum Gasteiger partial charge on any atom is 0.325 e. The van der Waals surface area contributed by atoms with Gasteiger partial charge in [-0.05, 0) is 0 Å². The molecule has 2 N–H and O–H groups in total. The highest BCUT2D eigenvalue weighted by atomic mass is 32.2. The highest BCUT2D eigenvalue weighted by molar-refractivity contribution is 7.93. The molecular weight excluding hydrogens is 282 g/mol. The summed E-state index contributed by atoms with van der Waals surface area (Å²) in [5.41, 5.74) is 1.38. The van der Waals surface area contributed by atoms with Gasteiger partial charge in [0.25, 0.3) is 10.0 Å². The number of aliphatic carboxylic acids is 1. The van der Waals surface area contributed by atoms with Gasteiger partial charge in [0.2, 0.25) is 5.13 Å². The quantitative estimate of drug-likeness (QED) is 0.768. The Bertz CT molecular complexity index is 647. The summed E-state index contributed by atoms with van der Waals surface area (Å²) in [5.74, 6) is -1.11. The summed E-state index contributed by atoms with van der Waals surface area (Å²) in [4.78, 5) is 10.3. The number of carbonyl (C=O) groups is 1. The summed E-state index contributed by atoms with van der Waals surface area (Å²) in [7, 11) is -3.82. The summed E-state index contributed by atoms with van der Waals surface area (Å²) >= 11 is 1.03. The van der Waals surface area contributed by atoms with Gasteiger partial charge in [-0.15, -0.1) is 10.2 Å². The minimum absolute atomic E-state index is 0.126. The second kappa shape index (κ2) is 4.70. The molecule has 0 aromatic carbocycles. The number of rotatable bonds is 5. The zero-order chi connectivity index (χ0) is 13.2. The molecule has 0 radical (unpaired) electrons. The molecule has 2 aromatic rings. The minimum atomic E-state index is -3.82. The monoisotopic (exact) mass is 289 g/mol. The van der Waals surface area contributed by atoms with Crippen molar-refractivity contribution in [2.24, 2.45) is 0 Å². The molecule has 9 nitrogen and oxygen atoms in total. The number of carboxylic acids is 1. The molecule has 0 saturated carbocycles. The van der Waals surface area contributed by atoms with Gasteiger partial charge < -0.3 is 5.11 Å². The molecule has 11 heteroatoms.